The van der Waals surface area contributed by atoms with Crippen molar-refractivity contribution in [1.82, 2.24) is 5.32 Å². The third-order valence-electron chi connectivity index (χ3n) is 4.22. The van der Waals surface area contributed by atoms with Crippen LogP contribution in [0.25, 0.3) is 16.7 Å². The molecule has 0 radical (unpaired) electrons. The Balaban J connectivity index is 2.06. The van der Waals surface area contributed by atoms with E-state index in [-0.39, 0.29) is 11.9 Å². The van der Waals surface area contributed by atoms with Gasteiger partial charge in [-0.1, -0.05) is 48.5 Å². The van der Waals surface area contributed by atoms with Gasteiger partial charge in [-0.25, -0.2) is 0 Å². The molecule has 21 heavy (non-hydrogen) atoms. The molecular weight excluding hydrogens is 258 g/mol. The molecule has 0 aliphatic carbocycles. The van der Waals surface area contributed by atoms with Gasteiger partial charge in [0, 0.05) is 11.6 Å². The molecule has 0 fully saturated rings. The van der Waals surface area contributed by atoms with E-state index in [0.717, 1.165) is 22.3 Å². The number of aryl methyl sites for hydroxylation is 1. The lowest BCUT2D eigenvalue weighted by molar-refractivity contribution is -0.115. The van der Waals surface area contributed by atoms with Crippen molar-refractivity contribution in [3.63, 3.8) is 0 Å². The Kier molecular flexibility index (Phi) is 3.38. The summed E-state index contributed by atoms with van der Waals surface area (Å²) in [5, 5.41) is 2.98. The van der Waals surface area contributed by atoms with E-state index in [1.165, 1.54) is 11.1 Å². The lowest BCUT2D eigenvalue weighted by atomic mass is 9.93. The molecule has 0 bridgehead atoms. The number of carbonyl (C=O) groups is 1. The van der Waals surface area contributed by atoms with Gasteiger partial charge in [-0.2, -0.15) is 0 Å². The fourth-order valence-electron chi connectivity index (χ4n) is 2.86. The summed E-state index contributed by atoms with van der Waals surface area (Å²) in [6.45, 7) is 6.12. The van der Waals surface area contributed by atoms with Crippen LogP contribution in [-0.4, -0.2) is 11.9 Å². The fraction of sp³-hybridized carbons (Fsp3) is 0.211. The quantitative estimate of drug-likeness (QED) is 0.884. The zero-order valence-electron chi connectivity index (χ0n) is 12.6. The Hall–Kier alpha value is -2.35. The van der Waals surface area contributed by atoms with Crippen LogP contribution in [0.4, 0.5) is 0 Å². The highest BCUT2D eigenvalue weighted by atomic mass is 16.2. The molecule has 0 aromatic heterocycles. The summed E-state index contributed by atoms with van der Waals surface area (Å²) in [6, 6.07) is 16.7. The van der Waals surface area contributed by atoms with Gasteiger partial charge in [0.1, 0.15) is 0 Å². The number of carbonyl (C=O) groups excluding carboxylic acids is 1. The highest BCUT2D eigenvalue weighted by Gasteiger charge is 2.27. The molecule has 0 saturated heterocycles. The van der Waals surface area contributed by atoms with Gasteiger partial charge in [-0.05, 0) is 48.6 Å². The highest BCUT2D eigenvalue weighted by molar-refractivity contribution is 6.23. The van der Waals surface area contributed by atoms with Gasteiger partial charge < -0.3 is 5.32 Å². The second kappa shape index (κ2) is 5.21. The SMILES string of the molecule is CC1=C(c2ccc(-c3ccccc3)cc2C)C(=O)NC1C. The Morgan fingerprint density at radius 2 is 1.67 bits per heavy atom. The van der Waals surface area contributed by atoms with Crippen molar-refractivity contribution >= 4 is 11.5 Å². The second-order valence-electron chi connectivity index (χ2n) is 5.65. The molecule has 3 rings (SSSR count). The molecule has 106 valence electrons. The van der Waals surface area contributed by atoms with Crippen molar-refractivity contribution in [2.75, 3.05) is 0 Å². The highest BCUT2D eigenvalue weighted by Crippen LogP contribution is 2.31. The van der Waals surface area contributed by atoms with Gasteiger partial charge in [0.25, 0.3) is 5.91 Å². The van der Waals surface area contributed by atoms with Crippen molar-refractivity contribution in [2.24, 2.45) is 0 Å². The Morgan fingerprint density at radius 1 is 0.952 bits per heavy atom. The number of rotatable bonds is 2. The molecule has 1 aliphatic heterocycles. The van der Waals surface area contributed by atoms with Crippen molar-refractivity contribution in [3.05, 3.63) is 65.2 Å². The van der Waals surface area contributed by atoms with Crippen LogP contribution in [-0.2, 0) is 4.79 Å². The first-order valence-corrected chi connectivity index (χ1v) is 7.26. The molecule has 0 spiro atoms. The topological polar surface area (TPSA) is 29.1 Å². The van der Waals surface area contributed by atoms with Crippen LogP contribution in [0.5, 0.6) is 0 Å². The van der Waals surface area contributed by atoms with E-state index < -0.39 is 0 Å². The number of hydrogen-bond donors (Lipinski definition) is 1. The van der Waals surface area contributed by atoms with E-state index in [4.69, 9.17) is 0 Å². The number of amides is 1. The maximum Gasteiger partial charge on any atom is 0.252 e. The number of benzene rings is 2. The van der Waals surface area contributed by atoms with E-state index in [1.54, 1.807) is 0 Å². The van der Waals surface area contributed by atoms with Gasteiger partial charge in [0.15, 0.2) is 0 Å². The van der Waals surface area contributed by atoms with Crippen molar-refractivity contribution in [1.29, 1.82) is 0 Å². The third kappa shape index (κ3) is 2.38. The zero-order valence-corrected chi connectivity index (χ0v) is 12.6. The van der Waals surface area contributed by atoms with E-state index >= 15 is 0 Å². The first kappa shape index (κ1) is 13.6. The molecule has 0 saturated carbocycles. The standard InChI is InChI=1S/C19H19NO/c1-12-11-16(15-7-5-4-6-8-15)9-10-17(12)18-13(2)14(3)20-19(18)21/h4-11,14H,1-3H3,(H,20,21). The van der Waals surface area contributed by atoms with Crippen molar-refractivity contribution in [3.8, 4) is 11.1 Å². The molecule has 1 atom stereocenters. The summed E-state index contributed by atoms with van der Waals surface area (Å²) in [5.41, 5.74) is 6.50. The summed E-state index contributed by atoms with van der Waals surface area (Å²) in [4.78, 5) is 12.1. The lowest BCUT2D eigenvalue weighted by Gasteiger charge is -2.10. The van der Waals surface area contributed by atoms with E-state index in [2.05, 4.69) is 42.6 Å². The molecule has 1 heterocycles. The summed E-state index contributed by atoms with van der Waals surface area (Å²) < 4.78 is 0. The van der Waals surface area contributed by atoms with Crippen LogP contribution < -0.4 is 5.32 Å². The van der Waals surface area contributed by atoms with Crippen LogP contribution in [0.2, 0.25) is 0 Å². The summed E-state index contributed by atoms with van der Waals surface area (Å²) in [5.74, 6) is 0.0376. The molecule has 2 heteroatoms. The minimum absolute atomic E-state index is 0.0376. The van der Waals surface area contributed by atoms with Crippen molar-refractivity contribution in [2.45, 2.75) is 26.8 Å². The van der Waals surface area contributed by atoms with Crippen LogP contribution in [0, 0.1) is 6.92 Å². The Morgan fingerprint density at radius 3 is 2.24 bits per heavy atom. The Labute approximate surface area is 125 Å². The van der Waals surface area contributed by atoms with E-state index in [1.807, 2.05) is 32.0 Å². The predicted molar refractivity (Wildman–Crippen MR) is 86.8 cm³/mol. The smallest absolute Gasteiger partial charge is 0.252 e. The molecule has 1 aliphatic rings. The second-order valence-corrected chi connectivity index (χ2v) is 5.65. The lowest BCUT2D eigenvalue weighted by Crippen LogP contribution is -2.25. The maximum absolute atomic E-state index is 12.1. The monoisotopic (exact) mass is 277 g/mol. The minimum atomic E-state index is 0.0376. The zero-order chi connectivity index (χ0) is 15.0. The van der Waals surface area contributed by atoms with Crippen molar-refractivity contribution < 1.29 is 4.79 Å². The average Bonchev–Trinajstić information content (AvgIpc) is 2.74. The molecule has 1 N–H and O–H groups in total. The van der Waals surface area contributed by atoms with Crippen LogP contribution in [0.3, 0.4) is 0 Å². The predicted octanol–water partition coefficient (Wildman–Crippen LogP) is 3.95. The number of nitrogens with one attached hydrogen (secondary N) is 1. The van der Waals surface area contributed by atoms with Gasteiger partial charge in [0.2, 0.25) is 0 Å². The molecular formula is C19H19NO. The largest absolute Gasteiger partial charge is 0.346 e. The summed E-state index contributed by atoms with van der Waals surface area (Å²) in [6.07, 6.45) is 0. The first-order valence-electron chi connectivity index (χ1n) is 7.26. The van der Waals surface area contributed by atoms with Gasteiger partial charge in [0.05, 0.1) is 0 Å². The maximum atomic E-state index is 12.1. The molecule has 1 unspecified atom stereocenters. The van der Waals surface area contributed by atoms with Gasteiger partial charge in [-0.3, -0.25) is 4.79 Å². The molecule has 2 aromatic carbocycles. The average molecular weight is 277 g/mol. The third-order valence-corrected chi connectivity index (χ3v) is 4.22. The van der Waals surface area contributed by atoms with E-state index in [0.29, 0.717) is 0 Å². The summed E-state index contributed by atoms with van der Waals surface area (Å²) >= 11 is 0. The van der Waals surface area contributed by atoms with Crippen LogP contribution in [0.1, 0.15) is 25.0 Å². The fourth-order valence-corrected chi connectivity index (χ4v) is 2.86. The molecule has 2 nitrogen and oxygen atoms in total. The number of hydrogen-bond acceptors (Lipinski definition) is 1. The molecule has 2 aromatic rings. The minimum Gasteiger partial charge on any atom is -0.346 e. The Bertz CT molecular complexity index is 728. The van der Waals surface area contributed by atoms with Crippen LogP contribution in [0.15, 0.2) is 54.1 Å². The molecule has 1 amide bonds. The summed E-state index contributed by atoms with van der Waals surface area (Å²) in [7, 11) is 0. The van der Waals surface area contributed by atoms with Gasteiger partial charge in [-0.15, -0.1) is 0 Å². The normalized spacial score (nSPS) is 18.0. The van der Waals surface area contributed by atoms with E-state index in [9.17, 15) is 4.79 Å². The first-order chi connectivity index (χ1) is 10.1. The van der Waals surface area contributed by atoms with Crippen LogP contribution >= 0.6 is 0 Å². The van der Waals surface area contributed by atoms with Gasteiger partial charge >= 0.3 is 0 Å².